The number of hydrogen-bond donors (Lipinski definition) is 1. The van der Waals surface area contributed by atoms with E-state index >= 15 is 0 Å². The van der Waals surface area contributed by atoms with Gasteiger partial charge in [-0.05, 0) is 70.0 Å². The second-order valence-electron chi connectivity index (χ2n) is 11.5. The molecule has 44 heavy (non-hydrogen) atoms. The van der Waals surface area contributed by atoms with Crippen molar-refractivity contribution in [1.29, 1.82) is 0 Å². The fourth-order valence-corrected chi connectivity index (χ4v) is 6.32. The van der Waals surface area contributed by atoms with Crippen molar-refractivity contribution in [3.63, 3.8) is 0 Å². The van der Waals surface area contributed by atoms with Crippen LogP contribution in [-0.2, 0) is 32.6 Å². The summed E-state index contributed by atoms with van der Waals surface area (Å²) in [6.45, 7) is 9.18. The van der Waals surface area contributed by atoms with Gasteiger partial charge in [-0.15, -0.1) is 0 Å². The number of sulfonamides is 1. The van der Waals surface area contributed by atoms with Gasteiger partial charge in [0.05, 0.1) is 10.6 Å². The smallest absolute Gasteiger partial charge is 0.264 e. The number of amides is 2. The summed E-state index contributed by atoms with van der Waals surface area (Å²) in [5, 5.41) is 2.98. The molecule has 0 radical (unpaired) electrons. The molecule has 0 saturated heterocycles. The van der Waals surface area contributed by atoms with E-state index in [4.69, 9.17) is 0 Å². The molecule has 0 unspecified atom stereocenters. The van der Waals surface area contributed by atoms with Crippen molar-refractivity contribution in [2.24, 2.45) is 0 Å². The van der Waals surface area contributed by atoms with Crippen LogP contribution >= 0.6 is 0 Å². The molecule has 4 aromatic carbocycles. The van der Waals surface area contributed by atoms with E-state index in [0.717, 1.165) is 32.1 Å². The minimum Gasteiger partial charge on any atom is -0.352 e. The van der Waals surface area contributed by atoms with Gasteiger partial charge in [-0.3, -0.25) is 13.9 Å². The van der Waals surface area contributed by atoms with Crippen molar-refractivity contribution >= 4 is 27.5 Å². The van der Waals surface area contributed by atoms with E-state index in [1.165, 1.54) is 4.90 Å². The molecule has 2 amide bonds. The predicted octanol–water partition coefficient (Wildman–Crippen LogP) is 5.97. The van der Waals surface area contributed by atoms with Crippen molar-refractivity contribution < 1.29 is 18.0 Å². The number of nitrogens with one attached hydrogen (secondary N) is 1. The molecule has 0 fully saturated rings. The third-order valence-electron chi connectivity index (χ3n) is 7.39. The molecule has 0 bridgehead atoms. The Balaban J connectivity index is 1.79. The van der Waals surface area contributed by atoms with Crippen LogP contribution in [0.3, 0.4) is 0 Å². The Bertz CT molecular complexity index is 1650. The molecule has 0 saturated carbocycles. The molecule has 1 N–H and O–H groups in total. The van der Waals surface area contributed by atoms with E-state index in [1.54, 1.807) is 36.4 Å². The van der Waals surface area contributed by atoms with Crippen LogP contribution in [0.1, 0.15) is 41.7 Å². The van der Waals surface area contributed by atoms with Crippen molar-refractivity contribution in [3.8, 4) is 0 Å². The number of anilines is 1. The van der Waals surface area contributed by atoms with Crippen molar-refractivity contribution in [2.75, 3.05) is 10.8 Å². The molecule has 230 valence electrons. The van der Waals surface area contributed by atoms with Gasteiger partial charge < -0.3 is 10.2 Å². The molecule has 7 nitrogen and oxygen atoms in total. The van der Waals surface area contributed by atoms with Crippen LogP contribution in [0, 0.1) is 20.8 Å². The van der Waals surface area contributed by atoms with Crippen LogP contribution in [0.4, 0.5) is 5.69 Å². The Hall–Kier alpha value is -4.43. The Morgan fingerprint density at radius 1 is 0.705 bits per heavy atom. The SMILES string of the molecule is Cc1ccc(CN(C(=O)CN(c2ccc(C)cc2)S(=O)(=O)c2ccc(C)cc2)[C@@H](Cc2ccccc2)C(=O)NC(C)C)cc1. The Morgan fingerprint density at radius 3 is 1.77 bits per heavy atom. The normalized spacial score (nSPS) is 12.0. The molecule has 0 aliphatic heterocycles. The number of rotatable bonds is 12. The maximum absolute atomic E-state index is 14.5. The first-order valence-corrected chi connectivity index (χ1v) is 16.2. The molecule has 4 aromatic rings. The maximum Gasteiger partial charge on any atom is 0.264 e. The van der Waals surface area contributed by atoms with Gasteiger partial charge in [0.15, 0.2) is 0 Å². The molecule has 4 rings (SSSR count). The monoisotopic (exact) mass is 611 g/mol. The Labute approximate surface area is 261 Å². The number of nitrogens with zero attached hydrogens (tertiary/aromatic N) is 2. The summed E-state index contributed by atoms with van der Waals surface area (Å²) in [5.74, 6) is -0.783. The third-order valence-corrected chi connectivity index (χ3v) is 9.17. The van der Waals surface area contributed by atoms with E-state index in [0.29, 0.717) is 5.69 Å². The minimum absolute atomic E-state index is 0.0833. The summed E-state index contributed by atoms with van der Waals surface area (Å²) in [6, 6.07) is 29.9. The zero-order valence-electron chi connectivity index (χ0n) is 26.0. The second kappa shape index (κ2) is 14.4. The fourth-order valence-electron chi connectivity index (χ4n) is 4.90. The molecule has 0 aromatic heterocycles. The van der Waals surface area contributed by atoms with E-state index in [2.05, 4.69) is 5.32 Å². The molecule has 0 heterocycles. The van der Waals surface area contributed by atoms with E-state index < -0.39 is 28.5 Å². The highest BCUT2D eigenvalue weighted by Gasteiger charge is 2.34. The number of carbonyl (C=O) groups is 2. The quantitative estimate of drug-likeness (QED) is 0.214. The van der Waals surface area contributed by atoms with Crippen LogP contribution in [0.15, 0.2) is 108 Å². The maximum atomic E-state index is 14.5. The molecule has 0 spiro atoms. The lowest BCUT2D eigenvalue weighted by Crippen LogP contribution is -2.54. The van der Waals surface area contributed by atoms with Gasteiger partial charge in [0.25, 0.3) is 10.0 Å². The average Bonchev–Trinajstić information content (AvgIpc) is 2.99. The molecular weight excluding hydrogens is 570 g/mol. The highest BCUT2D eigenvalue weighted by atomic mass is 32.2. The van der Waals surface area contributed by atoms with Crippen LogP contribution in [0.5, 0.6) is 0 Å². The van der Waals surface area contributed by atoms with E-state index in [9.17, 15) is 18.0 Å². The lowest BCUT2D eigenvalue weighted by Gasteiger charge is -2.34. The third kappa shape index (κ3) is 8.35. The number of aryl methyl sites for hydroxylation is 3. The van der Waals surface area contributed by atoms with Crippen molar-refractivity contribution in [1.82, 2.24) is 10.2 Å². The standard InChI is InChI=1S/C36H41N3O4S/c1-26(2)37-36(41)34(23-30-9-7-6-8-10-30)38(24-31-17-11-27(3)12-18-31)35(40)25-39(32-19-13-28(4)14-20-32)44(42,43)33-21-15-29(5)16-22-33/h6-22,26,34H,23-25H2,1-5H3,(H,37,41)/t34-/m0/s1. The zero-order chi connectivity index (χ0) is 31.9. The molecule has 8 heteroatoms. The van der Waals surface area contributed by atoms with Gasteiger partial charge in [-0.25, -0.2) is 8.42 Å². The minimum atomic E-state index is -4.13. The van der Waals surface area contributed by atoms with Gasteiger partial charge in [-0.1, -0.05) is 95.6 Å². The van der Waals surface area contributed by atoms with Crippen LogP contribution in [0.25, 0.3) is 0 Å². The van der Waals surface area contributed by atoms with Gasteiger partial charge in [0, 0.05) is 19.0 Å². The first-order valence-electron chi connectivity index (χ1n) is 14.8. The van der Waals surface area contributed by atoms with Gasteiger partial charge in [0.1, 0.15) is 12.6 Å². The number of hydrogen-bond acceptors (Lipinski definition) is 4. The lowest BCUT2D eigenvalue weighted by atomic mass is 10.0. The van der Waals surface area contributed by atoms with Crippen molar-refractivity contribution in [2.45, 2.75) is 64.6 Å². The summed E-state index contributed by atoms with van der Waals surface area (Å²) in [6.07, 6.45) is 0.270. The largest absolute Gasteiger partial charge is 0.352 e. The first kappa shape index (κ1) is 32.5. The first-order chi connectivity index (χ1) is 20.9. The van der Waals surface area contributed by atoms with Crippen LogP contribution < -0.4 is 9.62 Å². The molecule has 0 aliphatic rings. The Kier molecular flexibility index (Phi) is 10.6. The number of carbonyl (C=O) groups excluding carboxylic acids is 2. The van der Waals surface area contributed by atoms with Gasteiger partial charge in [-0.2, -0.15) is 0 Å². The van der Waals surface area contributed by atoms with Gasteiger partial charge in [0.2, 0.25) is 11.8 Å². The Morgan fingerprint density at radius 2 is 1.23 bits per heavy atom. The predicted molar refractivity (Wildman–Crippen MR) is 176 cm³/mol. The lowest BCUT2D eigenvalue weighted by molar-refractivity contribution is -0.140. The summed E-state index contributed by atoms with van der Waals surface area (Å²) in [4.78, 5) is 29.8. The van der Waals surface area contributed by atoms with Crippen molar-refractivity contribution in [3.05, 3.63) is 131 Å². The average molecular weight is 612 g/mol. The van der Waals surface area contributed by atoms with Gasteiger partial charge >= 0.3 is 0 Å². The summed E-state index contributed by atoms with van der Waals surface area (Å²) in [7, 11) is -4.13. The highest BCUT2D eigenvalue weighted by Crippen LogP contribution is 2.26. The molecule has 1 atom stereocenters. The molecule has 0 aliphatic carbocycles. The molecular formula is C36H41N3O4S. The summed E-state index contributed by atoms with van der Waals surface area (Å²) < 4.78 is 29.3. The second-order valence-corrected chi connectivity index (χ2v) is 13.4. The number of benzene rings is 4. The zero-order valence-corrected chi connectivity index (χ0v) is 26.8. The summed E-state index contributed by atoms with van der Waals surface area (Å²) in [5.41, 5.74) is 5.04. The van der Waals surface area contributed by atoms with Crippen LogP contribution in [-0.4, -0.2) is 43.8 Å². The van der Waals surface area contributed by atoms with E-state index in [-0.39, 0.29) is 29.8 Å². The van der Waals surface area contributed by atoms with Crippen LogP contribution in [0.2, 0.25) is 0 Å². The highest BCUT2D eigenvalue weighted by molar-refractivity contribution is 7.92. The van der Waals surface area contributed by atoms with E-state index in [1.807, 2.05) is 101 Å². The topological polar surface area (TPSA) is 86.8 Å². The summed E-state index contributed by atoms with van der Waals surface area (Å²) >= 11 is 0. The fraction of sp³-hybridized carbons (Fsp3) is 0.278.